The number of nitrogens with one attached hydrogen (secondary N) is 1. The van der Waals surface area contributed by atoms with Gasteiger partial charge in [-0.15, -0.1) is 0 Å². The summed E-state index contributed by atoms with van der Waals surface area (Å²) in [6.45, 7) is 4.32. The molecule has 0 unspecified atom stereocenters. The van der Waals surface area contributed by atoms with E-state index in [4.69, 9.17) is 5.11 Å². The van der Waals surface area contributed by atoms with Gasteiger partial charge in [-0.3, -0.25) is 0 Å². The van der Waals surface area contributed by atoms with Gasteiger partial charge in [0.15, 0.2) is 0 Å². The molecule has 1 aromatic carbocycles. The molecule has 0 radical (unpaired) electrons. The number of aliphatic hydroxyl groups excluding tert-OH is 1. The van der Waals surface area contributed by atoms with E-state index in [1.54, 1.807) is 20.8 Å². The molecule has 0 heterocycles. The van der Waals surface area contributed by atoms with Crippen LogP contribution in [-0.2, 0) is 16.5 Å². The lowest BCUT2D eigenvalue weighted by Crippen LogP contribution is -2.58. The Labute approximate surface area is 139 Å². The maximum atomic E-state index is 14.3. The summed E-state index contributed by atoms with van der Waals surface area (Å²) in [5.41, 5.74) is -2.72. The summed E-state index contributed by atoms with van der Waals surface area (Å²) >= 11 is 3.11. The van der Waals surface area contributed by atoms with E-state index in [0.717, 1.165) is 13.0 Å². The highest BCUT2D eigenvalue weighted by atomic mass is 79.9. The molecule has 0 bridgehead atoms. The van der Waals surface area contributed by atoms with Crippen molar-refractivity contribution < 1.29 is 22.5 Å². The molecule has 0 saturated heterocycles. The van der Waals surface area contributed by atoms with Gasteiger partial charge in [-0.1, -0.05) is 15.9 Å². The topological polar surface area (TPSA) is 49.3 Å². The SMILES string of the molecule is CC(C)(C)[S@](=O)N[C@](C)(c1cc(Br)ccc1F)C(F)(F)CO. The van der Waals surface area contributed by atoms with Crippen molar-refractivity contribution in [1.82, 2.24) is 4.72 Å². The molecule has 2 N–H and O–H groups in total. The molecule has 8 heteroatoms. The summed E-state index contributed by atoms with van der Waals surface area (Å²) in [6, 6.07) is 3.59. The minimum atomic E-state index is -3.73. The highest BCUT2D eigenvalue weighted by Gasteiger charge is 2.54. The summed E-state index contributed by atoms with van der Waals surface area (Å²) in [4.78, 5) is 0. The Morgan fingerprint density at radius 1 is 1.27 bits per heavy atom. The van der Waals surface area contributed by atoms with Gasteiger partial charge in [0, 0.05) is 10.0 Å². The van der Waals surface area contributed by atoms with E-state index in [1.807, 2.05) is 0 Å². The molecule has 0 spiro atoms. The molecule has 22 heavy (non-hydrogen) atoms. The highest BCUT2D eigenvalue weighted by molar-refractivity contribution is 9.10. The molecule has 1 aromatic rings. The van der Waals surface area contributed by atoms with Crippen molar-refractivity contribution in [2.45, 2.75) is 43.9 Å². The summed E-state index contributed by atoms with van der Waals surface area (Å²) in [5.74, 6) is -4.60. The first-order chi connectivity index (χ1) is 9.85. The van der Waals surface area contributed by atoms with Gasteiger partial charge >= 0.3 is 0 Å². The van der Waals surface area contributed by atoms with Crippen LogP contribution in [0.1, 0.15) is 33.3 Å². The van der Waals surface area contributed by atoms with Crippen molar-refractivity contribution in [3.63, 3.8) is 0 Å². The number of aliphatic hydroxyl groups is 1. The standard InChI is InChI=1S/C14H19BrF3NO2S/c1-12(2,3)22(21)19-13(4,14(17,18)8-20)10-7-9(15)5-6-11(10)16/h5-7,19-20H,8H2,1-4H3/t13-,22+/m1/s1. The zero-order valence-electron chi connectivity index (χ0n) is 12.7. The molecule has 1 rings (SSSR count). The van der Waals surface area contributed by atoms with Gasteiger partial charge in [0.1, 0.15) is 18.0 Å². The van der Waals surface area contributed by atoms with Crippen LogP contribution in [0.15, 0.2) is 22.7 Å². The number of benzene rings is 1. The van der Waals surface area contributed by atoms with Crippen molar-refractivity contribution in [2.75, 3.05) is 6.61 Å². The van der Waals surface area contributed by atoms with Crippen LogP contribution in [0.5, 0.6) is 0 Å². The molecule has 2 atom stereocenters. The highest BCUT2D eigenvalue weighted by Crippen LogP contribution is 2.40. The monoisotopic (exact) mass is 401 g/mol. The molecule has 126 valence electrons. The second-order valence-corrected chi connectivity index (χ2v) is 8.98. The Balaban J connectivity index is 3.48. The quantitative estimate of drug-likeness (QED) is 0.793. The van der Waals surface area contributed by atoms with Gasteiger partial charge in [0.2, 0.25) is 0 Å². The maximum Gasteiger partial charge on any atom is 0.293 e. The fourth-order valence-corrected chi connectivity index (χ4v) is 3.00. The third-order valence-electron chi connectivity index (χ3n) is 3.25. The van der Waals surface area contributed by atoms with Crippen molar-refractivity contribution in [2.24, 2.45) is 0 Å². The molecule has 0 aliphatic heterocycles. The molecule has 3 nitrogen and oxygen atoms in total. The van der Waals surface area contributed by atoms with Crippen molar-refractivity contribution in [3.05, 3.63) is 34.1 Å². The number of halogens is 4. The Morgan fingerprint density at radius 3 is 2.27 bits per heavy atom. The summed E-state index contributed by atoms with van der Waals surface area (Å²) < 4.78 is 56.9. The van der Waals surface area contributed by atoms with E-state index in [0.29, 0.717) is 4.47 Å². The summed E-state index contributed by atoms with van der Waals surface area (Å²) in [5, 5.41) is 9.04. The molecular formula is C14H19BrF3NO2S. The van der Waals surface area contributed by atoms with Crippen LogP contribution in [0, 0.1) is 5.82 Å². The minimum Gasteiger partial charge on any atom is -0.390 e. The third-order valence-corrected chi connectivity index (χ3v) is 5.45. The van der Waals surface area contributed by atoms with E-state index in [1.165, 1.54) is 12.1 Å². The Bertz CT molecular complexity index is 578. The van der Waals surface area contributed by atoms with Gasteiger partial charge in [-0.2, -0.15) is 0 Å². The zero-order valence-corrected chi connectivity index (χ0v) is 15.1. The second-order valence-electron chi connectivity index (χ2n) is 6.09. The lowest BCUT2D eigenvalue weighted by atomic mass is 9.86. The number of hydrogen-bond acceptors (Lipinski definition) is 2. The Kier molecular flexibility index (Phi) is 5.87. The fraction of sp³-hybridized carbons (Fsp3) is 0.571. The predicted molar refractivity (Wildman–Crippen MR) is 84.5 cm³/mol. The number of rotatable bonds is 5. The van der Waals surface area contributed by atoms with Crippen molar-refractivity contribution >= 4 is 26.9 Å². The van der Waals surface area contributed by atoms with Crippen LogP contribution in [-0.4, -0.2) is 26.6 Å². The lowest BCUT2D eigenvalue weighted by molar-refractivity contribution is -0.114. The molecule has 0 saturated carbocycles. The van der Waals surface area contributed by atoms with Crippen LogP contribution in [0.2, 0.25) is 0 Å². The predicted octanol–water partition coefficient (Wildman–Crippen LogP) is 3.48. The average molecular weight is 402 g/mol. The first kappa shape index (κ1) is 19.6. The maximum absolute atomic E-state index is 14.3. The fourth-order valence-electron chi connectivity index (χ4n) is 1.70. The van der Waals surface area contributed by atoms with Gasteiger partial charge in [0.05, 0.1) is 15.7 Å². The average Bonchev–Trinajstić information content (AvgIpc) is 2.39. The van der Waals surface area contributed by atoms with Crippen LogP contribution in [0.25, 0.3) is 0 Å². The lowest BCUT2D eigenvalue weighted by Gasteiger charge is -2.39. The zero-order chi connectivity index (χ0) is 17.3. The summed E-state index contributed by atoms with van der Waals surface area (Å²) in [7, 11) is -1.89. The van der Waals surface area contributed by atoms with Crippen molar-refractivity contribution in [1.29, 1.82) is 0 Å². The number of hydrogen-bond donors (Lipinski definition) is 2. The first-order valence-corrected chi connectivity index (χ1v) is 8.43. The van der Waals surface area contributed by atoms with E-state index < -0.39 is 39.6 Å². The molecule has 0 amide bonds. The molecular weight excluding hydrogens is 383 g/mol. The van der Waals surface area contributed by atoms with Crippen LogP contribution >= 0.6 is 15.9 Å². The van der Waals surface area contributed by atoms with E-state index in [2.05, 4.69) is 20.7 Å². The minimum absolute atomic E-state index is 0.376. The first-order valence-electron chi connectivity index (χ1n) is 6.49. The van der Waals surface area contributed by atoms with Gasteiger partial charge in [-0.25, -0.2) is 22.1 Å². The third kappa shape index (κ3) is 3.90. The van der Waals surface area contributed by atoms with Crippen LogP contribution in [0.3, 0.4) is 0 Å². The smallest absolute Gasteiger partial charge is 0.293 e. The van der Waals surface area contributed by atoms with Gasteiger partial charge in [-0.05, 0) is 45.9 Å². The Hall–Kier alpha value is -0.440. The largest absolute Gasteiger partial charge is 0.390 e. The van der Waals surface area contributed by atoms with Crippen LogP contribution in [0.4, 0.5) is 13.2 Å². The second kappa shape index (κ2) is 6.59. The summed E-state index contributed by atoms with van der Waals surface area (Å²) in [6.07, 6.45) is 0. The number of alkyl halides is 2. The van der Waals surface area contributed by atoms with Crippen molar-refractivity contribution in [3.8, 4) is 0 Å². The van der Waals surface area contributed by atoms with Gasteiger partial charge in [0.25, 0.3) is 5.92 Å². The molecule has 0 aromatic heterocycles. The molecule has 0 aliphatic carbocycles. The van der Waals surface area contributed by atoms with E-state index in [-0.39, 0.29) is 5.56 Å². The normalized spacial score (nSPS) is 17.1. The van der Waals surface area contributed by atoms with Crippen LogP contribution < -0.4 is 4.72 Å². The van der Waals surface area contributed by atoms with Gasteiger partial charge < -0.3 is 5.11 Å². The van der Waals surface area contributed by atoms with E-state index >= 15 is 0 Å². The molecule has 0 fully saturated rings. The van der Waals surface area contributed by atoms with E-state index in [9.17, 15) is 17.4 Å². The molecule has 0 aliphatic rings. The Morgan fingerprint density at radius 2 is 1.82 bits per heavy atom.